The minimum Gasteiger partial charge on any atom is -0.337 e. The Kier molecular flexibility index (Phi) is 5.07. The number of benzene rings is 2. The van der Waals surface area contributed by atoms with Crippen LogP contribution in [0.2, 0.25) is 5.02 Å². The summed E-state index contributed by atoms with van der Waals surface area (Å²) in [6.45, 7) is 0.646. The number of nitrogens with one attached hydrogen (secondary N) is 1. The standard InChI is InChI=1S/C20H19ClN4O2/c21-15-9-11-16(12-10-15)22-20(26)25-13-5-4-8-17(25)19-23-18(24-27-19)14-6-2-1-3-7-14/h1-3,6-7,9-12,17H,4-5,8,13H2,(H,22,26)/t17-/m0/s1. The van der Waals surface area contributed by atoms with Crippen molar-refractivity contribution in [3.63, 3.8) is 0 Å². The van der Waals surface area contributed by atoms with Gasteiger partial charge in [0.25, 0.3) is 0 Å². The van der Waals surface area contributed by atoms with Gasteiger partial charge in [-0.25, -0.2) is 4.79 Å². The number of hydrogen-bond donors (Lipinski definition) is 1. The van der Waals surface area contributed by atoms with E-state index in [0.29, 0.717) is 29.0 Å². The molecule has 1 aliphatic rings. The molecule has 2 amide bonds. The summed E-state index contributed by atoms with van der Waals surface area (Å²) in [6.07, 6.45) is 2.76. The van der Waals surface area contributed by atoms with Crippen LogP contribution in [0, 0.1) is 0 Å². The van der Waals surface area contributed by atoms with Gasteiger partial charge in [-0.1, -0.05) is 47.1 Å². The van der Waals surface area contributed by atoms with E-state index >= 15 is 0 Å². The first kappa shape index (κ1) is 17.5. The predicted octanol–water partition coefficient (Wildman–Crippen LogP) is 5.15. The summed E-state index contributed by atoms with van der Waals surface area (Å²) < 4.78 is 5.50. The zero-order chi connectivity index (χ0) is 18.6. The molecular formula is C20H19ClN4O2. The molecule has 7 heteroatoms. The number of hydrogen-bond acceptors (Lipinski definition) is 4. The molecule has 0 unspecified atom stereocenters. The van der Waals surface area contributed by atoms with E-state index in [-0.39, 0.29) is 12.1 Å². The van der Waals surface area contributed by atoms with Crippen molar-refractivity contribution >= 4 is 23.3 Å². The summed E-state index contributed by atoms with van der Waals surface area (Å²) in [5.41, 5.74) is 1.59. The van der Waals surface area contributed by atoms with E-state index in [0.717, 1.165) is 24.8 Å². The van der Waals surface area contributed by atoms with E-state index in [1.807, 2.05) is 30.3 Å². The number of amides is 2. The first-order chi connectivity index (χ1) is 13.2. The third-order valence-corrected chi connectivity index (χ3v) is 4.87. The van der Waals surface area contributed by atoms with Crippen molar-refractivity contribution < 1.29 is 9.32 Å². The van der Waals surface area contributed by atoms with Gasteiger partial charge in [-0.2, -0.15) is 4.98 Å². The van der Waals surface area contributed by atoms with Gasteiger partial charge in [0, 0.05) is 22.8 Å². The molecule has 1 N–H and O–H groups in total. The number of piperidine rings is 1. The van der Waals surface area contributed by atoms with Crippen LogP contribution in [0.4, 0.5) is 10.5 Å². The number of urea groups is 1. The third-order valence-electron chi connectivity index (χ3n) is 4.62. The van der Waals surface area contributed by atoms with Gasteiger partial charge in [-0.15, -0.1) is 0 Å². The van der Waals surface area contributed by atoms with Crippen LogP contribution < -0.4 is 5.32 Å². The predicted molar refractivity (Wildman–Crippen MR) is 104 cm³/mol. The van der Waals surface area contributed by atoms with Gasteiger partial charge in [0.15, 0.2) is 0 Å². The van der Waals surface area contributed by atoms with Gasteiger partial charge < -0.3 is 14.7 Å². The highest BCUT2D eigenvalue weighted by atomic mass is 35.5. The van der Waals surface area contributed by atoms with Gasteiger partial charge in [0.1, 0.15) is 6.04 Å². The van der Waals surface area contributed by atoms with E-state index in [1.165, 1.54) is 0 Å². The van der Waals surface area contributed by atoms with Gasteiger partial charge in [-0.3, -0.25) is 0 Å². The number of likely N-dealkylation sites (tertiary alicyclic amines) is 1. The Bertz CT molecular complexity index is 911. The van der Waals surface area contributed by atoms with E-state index in [4.69, 9.17) is 16.1 Å². The van der Waals surface area contributed by atoms with Crippen molar-refractivity contribution in [2.24, 2.45) is 0 Å². The van der Waals surface area contributed by atoms with Crippen molar-refractivity contribution in [3.8, 4) is 11.4 Å². The van der Waals surface area contributed by atoms with Crippen LogP contribution in [0.1, 0.15) is 31.2 Å². The maximum atomic E-state index is 12.8. The zero-order valence-corrected chi connectivity index (χ0v) is 15.4. The monoisotopic (exact) mass is 382 g/mol. The van der Waals surface area contributed by atoms with Crippen LogP contribution in [0.3, 0.4) is 0 Å². The average Bonchev–Trinajstić information content (AvgIpc) is 3.20. The van der Waals surface area contributed by atoms with Crippen molar-refractivity contribution in [2.75, 3.05) is 11.9 Å². The molecule has 1 saturated heterocycles. The average molecular weight is 383 g/mol. The lowest BCUT2D eigenvalue weighted by molar-refractivity contribution is 0.142. The van der Waals surface area contributed by atoms with Crippen LogP contribution in [-0.4, -0.2) is 27.6 Å². The van der Waals surface area contributed by atoms with Crippen molar-refractivity contribution in [1.82, 2.24) is 15.0 Å². The summed E-state index contributed by atoms with van der Waals surface area (Å²) in [6, 6.07) is 16.3. The molecule has 1 fully saturated rings. The van der Waals surface area contributed by atoms with Crippen molar-refractivity contribution in [1.29, 1.82) is 0 Å². The molecule has 138 valence electrons. The summed E-state index contributed by atoms with van der Waals surface area (Å²) in [5.74, 6) is 1.01. The minimum absolute atomic E-state index is 0.179. The Morgan fingerprint density at radius 2 is 1.89 bits per heavy atom. The zero-order valence-electron chi connectivity index (χ0n) is 14.6. The van der Waals surface area contributed by atoms with Gasteiger partial charge in [-0.05, 0) is 43.5 Å². The van der Waals surface area contributed by atoms with Crippen LogP contribution in [-0.2, 0) is 0 Å². The van der Waals surface area contributed by atoms with Crippen LogP contribution in [0.25, 0.3) is 11.4 Å². The number of carbonyl (C=O) groups is 1. The second-order valence-electron chi connectivity index (χ2n) is 6.46. The Balaban J connectivity index is 1.53. The molecule has 1 aromatic heterocycles. The highest BCUT2D eigenvalue weighted by molar-refractivity contribution is 6.30. The first-order valence-electron chi connectivity index (χ1n) is 8.93. The molecule has 2 heterocycles. The number of carbonyl (C=O) groups excluding carboxylic acids is 1. The molecular weight excluding hydrogens is 364 g/mol. The Labute approximate surface area is 162 Å². The molecule has 1 atom stereocenters. The van der Waals surface area contributed by atoms with Crippen molar-refractivity contribution in [2.45, 2.75) is 25.3 Å². The molecule has 0 spiro atoms. The normalized spacial score (nSPS) is 16.9. The summed E-state index contributed by atoms with van der Waals surface area (Å²) in [4.78, 5) is 19.1. The van der Waals surface area contributed by atoms with E-state index in [9.17, 15) is 4.79 Å². The summed E-state index contributed by atoms with van der Waals surface area (Å²) >= 11 is 5.90. The van der Waals surface area contributed by atoms with E-state index in [1.54, 1.807) is 29.2 Å². The number of rotatable bonds is 3. The molecule has 4 rings (SSSR count). The molecule has 0 radical (unpaired) electrons. The molecule has 3 aromatic rings. The summed E-state index contributed by atoms with van der Waals surface area (Å²) in [7, 11) is 0. The lowest BCUT2D eigenvalue weighted by Gasteiger charge is -2.33. The lowest BCUT2D eigenvalue weighted by atomic mass is 10.0. The summed E-state index contributed by atoms with van der Waals surface area (Å²) in [5, 5.41) is 7.63. The Morgan fingerprint density at radius 3 is 2.67 bits per heavy atom. The van der Waals surface area contributed by atoms with Gasteiger partial charge in [0.05, 0.1) is 0 Å². The molecule has 27 heavy (non-hydrogen) atoms. The van der Waals surface area contributed by atoms with Gasteiger partial charge >= 0.3 is 6.03 Å². The fourth-order valence-electron chi connectivity index (χ4n) is 3.23. The van der Waals surface area contributed by atoms with Gasteiger partial charge in [0.2, 0.25) is 11.7 Å². The van der Waals surface area contributed by atoms with Crippen LogP contribution in [0.15, 0.2) is 59.1 Å². The van der Waals surface area contributed by atoms with Crippen LogP contribution >= 0.6 is 11.6 Å². The Morgan fingerprint density at radius 1 is 1.11 bits per heavy atom. The first-order valence-corrected chi connectivity index (χ1v) is 9.31. The Hall–Kier alpha value is -2.86. The van der Waals surface area contributed by atoms with E-state index in [2.05, 4.69) is 15.5 Å². The largest absolute Gasteiger partial charge is 0.337 e. The second kappa shape index (κ2) is 7.80. The van der Waals surface area contributed by atoms with Crippen molar-refractivity contribution in [3.05, 3.63) is 65.5 Å². The number of anilines is 1. The number of nitrogens with zero attached hydrogens (tertiary/aromatic N) is 3. The smallest absolute Gasteiger partial charge is 0.322 e. The molecule has 6 nitrogen and oxygen atoms in total. The molecule has 0 bridgehead atoms. The molecule has 2 aromatic carbocycles. The third kappa shape index (κ3) is 3.95. The van der Waals surface area contributed by atoms with E-state index < -0.39 is 0 Å². The quantitative estimate of drug-likeness (QED) is 0.680. The minimum atomic E-state index is -0.226. The molecule has 0 saturated carbocycles. The fourth-order valence-corrected chi connectivity index (χ4v) is 3.36. The number of halogens is 1. The maximum absolute atomic E-state index is 12.8. The highest BCUT2D eigenvalue weighted by Crippen LogP contribution is 2.31. The lowest BCUT2D eigenvalue weighted by Crippen LogP contribution is -2.41. The van der Waals surface area contributed by atoms with Crippen LogP contribution in [0.5, 0.6) is 0 Å². The molecule has 0 aliphatic carbocycles. The fraction of sp³-hybridized carbons (Fsp3) is 0.250. The highest BCUT2D eigenvalue weighted by Gasteiger charge is 2.32. The molecule has 1 aliphatic heterocycles. The second-order valence-corrected chi connectivity index (χ2v) is 6.90. The number of aromatic nitrogens is 2. The SMILES string of the molecule is O=C(Nc1ccc(Cl)cc1)N1CCCC[C@H]1c1nc(-c2ccccc2)no1. The topological polar surface area (TPSA) is 71.3 Å². The maximum Gasteiger partial charge on any atom is 0.322 e.